The van der Waals surface area contributed by atoms with E-state index in [1.165, 1.54) is 24.8 Å². The number of likely N-dealkylation sites (tertiary alicyclic amines) is 1. The van der Waals surface area contributed by atoms with Crippen LogP contribution in [0.3, 0.4) is 0 Å². The maximum absolute atomic E-state index is 6.15. The zero-order valence-corrected chi connectivity index (χ0v) is 12.7. The van der Waals surface area contributed by atoms with Crippen molar-refractivity contribution in [2.75, 3.05) is 6.54 Å². The second kappa shape index (κ2) is 6.41. The fourth-order valence-corrected chi connectivity index (χ4v) is 3.22. The molecule has 0 radical (unpaired) electrons. The molecule has 2 aromatic rings. The van der Waals surface area contributed by atoms with E-state index in [1.807, 2.05) is 16.9 Å². The van der Waals surface area contributed by atoms with Gasteiger partial charge in [-0.15, -0.1) is 0 Å². The van der Waals surface area contributed by atoms with Crippen molar-refractivity contribution >= 4 is 0 Å². The second-order valence-corrected chi connectivity index (χ2v) is 6.01. The van der Waals surface area contributed by atoms with Crippen molar-refractivity contribution in [1.29, 1.82) is 0 Å². The van der Waals surface area contributed by atoms with Crippen molar-refractivity contribution in [3.63, 3.8) is 0 Å². The number of piperidine rings is 1. The fourth-order valence-electron chi connectivity index (χ4n) is 3.22. The molecule has 4 heteroatoms. The van der Waals surface area contributed by atoms with Gasteiger partial charge in [-0.2, -0.15) is 5.10 Å². The summed E-state index contributed by atoms with van der Waals surface area (Å²) in [6.07, 6.45) is 7.58. The van der Waals surface area contributed by atoms with Gasteiger partial charge in [-0.1, -0.05) is 18.6 Å². The average Bonchev–Trinajstić information content (AvgIpc) is 3.03. The molecule has 3 rings (SSSR count). The van der Waals surface area contributed by atoms with Gasteiger partial charge < -0.3 is 5.73 Å². The minimum absolute atomic E-state index is 0.244. The predicted molar refractivity (Wildman–Crippen MR) is 85.3 cm³/mol. The van der Waals surface area contributed by atoms with E-state index in [1.54, 1.807) is 6.20 Å². The summed E-state index contributed by atoms with van der Waals surface area (Å²) in [7, 11) is 0. The molecule has 2 unspecified atom stereocenters. The van der Waals surface area contributed by atoms with Gasteiger partial charge in [0.15, 0.2) is 0 Å². The molecule has 1 aromatic heterocycles. The first kappa shape index (κ1) is 14.3. The highest BCUT2D eigenvalue weighted by Gasteiger charge is 2.25. The molecular formula is C17H24N4. The number of nitrogens with zero attached hydrogens (tertiary/aromatic N) is 3. The van der Waals surface area contributed by atoms with Crippen LogP contribution in [0.25, 0.3) is 5.69 Å². The maximum atomic E-state index is 6.15. The van der Waals surface area contributed by atoms with E-state index >= 15 is 0 Å². The number of nitrogens with two attached hydrogens (primary N) is 1. The van der Waals surface area contributed by atoms with Crippen LogP contribution in [0, 0.1) is 0 Å². The van der Waals surface area contributed by atoms with Crippen LogP contribution in [0.15, 0.2) is 42.7 Å². The minimum Gasteiger partial charge on any atom is -0.327 e. The molecule has 0 aliphatic carbocycles. The zero-order chi connectivity index (χ0) is 14.7. The van der Waals surface area contributed by atoms with Crippen molar-refractivity contribution in [3.8, 4) is 5.69 Å². The molecule has 2 heterocycles. The van der Waals surface area contributed by atoms with Gasteiger partial charge >= 0.3 is 0 Å². The molecular weight excluding hydrogens is 260 g/mol. The van der Waals surface area contributed by atoms with Crippen molar-refractivity contribution in [1.82, 2.24) is 14.7 Å². The maximum Gasteiger partial charge on any atom is 0.0645 e. The Morgan fingerprint density at radius 3 is 2.76 bits per heavy atom. The molecule has 2 N–H and O–H groups in total. The van der Waals surface area contributed by atoms with Crippen LogP contribution in [0.1, 0.15) is 31.7 Å². The Hall–Kier alpha value is -1.65. The van der Waals surface area contributed by atoms with E-state index in [4.69, 9.17) is 5.73 Å². The standard InChI is InChI=1S/C17H24N4/c1-14(18)17-5-2-3-11-20(17)13-15-6-8-16(9-7-15)21-12-4-10-19-21/h4,6-10,12,14,17H,2-3,5,11,13,18H2,1H3. The third kappa shape index (κ3) is 3.34. The lowest BCUT2D eigenvalue weighted by Gasteiger charge is -2.38. The van der Waals surface area contributed by atoms with Gasteiger partial charge in [-0.3, -0.25) is 4.90 Å². The van der Waals surface area contributed by atoms with Crippen LogP contribution in [0.2, 0.25) is 0 Å². The summed E-state index contributed by atoms with van der Waals surface area (Å²) in [4.78, 5) is 2.54. The molecule has 0 amide bonds. The quantitative estimate of drug-likeness (QED) is 0.938. The summed E-state index contributed by atoms with van der Waals surface area (Å²) in [5.41, 5.74) is 8.59. The first-order valence-electron chi connectivity index (χ1n) is 7.82. The van der Waals surface area contributed by atoms with Gasteiger partial charge in [0.1, 0.15) is 0 Å². The third-order valence-corrected chi connectivity index (χ3v) is 4.36. The summed E-state index contributed by atoms with van der Waals surface area (Å²) in [5, 5.41) is 4.26. The van der Waals surface area contributed by atoms with E-state index in [9.17, 15) is 0 Å². The number of rotatable bonds is 4. The first-order chi connectivity index (χ1) is 10.2. The lowest BCUT2D eigenvalue weighted by Crippen LogP contribution is -2.48. The lowest BCUT2D eigenvalue weighted by molar-refractivity contribution is 0.123. The Balaban J connectivity index is 1.69. The van der Waals surface area contributed by atoms with Gasteiger partial charge in [-0.25, -0.2) is 4.68 Å². The van der Waals surface area contributed by atoms with Crippen LogP contribution in [0.5, 0.6) is 0 Å². The van der Waals surface area contributed by atoms with Crippen LogP contribution in [0.4, 0.5) is 0 Å². The van der Waals surface area contributed by atoms with Gasteiger partial charge in [0.05, 0.1) is 5.69 Å². The van der Waals surface area contributed by atoms with E-state index in [-0.39, 0.29) is 6.04 Å². The predicted octanol–water partition coefficient (Wildman–Crippen LogP) is 2.57. The Labute approximate surface area is 126 Å². The lowest BCUT2D eigenvalue weighted by atomic mass is 9.96. The average molecular weight is 284 g/mol. The molecule has 112 valence electrons. The summed E-state index contributed by atoms with van der Waals surface area (Å²) >= 11 is 0. The zero-order valence-electron chi connectivity index (χ0n) is 12.7. The van der Waals surface area contributed by atoms with Crippen LogP contribution in [-0.4, -0.2) is 33.3 Å². The molecule has 0 spiro atoms. The second-order valence-electron chi connectivity index (χ2n) is 6.01. The third-order valence-electron chi connectivity index (χ3n) is 4.36. The Kier molecular flexibility index (Phi) is 4.36. The van der Waals surface area contributed by atoms with Gasteiger partial charge in [0.2, 0.25) is 0 Å². The SMILES string of the molecule is CC(N)C1CCCCN1Cc1ccc(-n2cccn2)cc1. The summed E-state index contributed by atoms with van der Waals surface area (Å²) in [6, 6.07) is 11.4. The summed E-state index contributed by atoms with van der Waals surface area (Å²) in [6.45, 7) is 4.28. The molecule has 1 saturated heterocycles. The molecule has 4 nitrogen and oxygen atoms in total. The molecule has 0 saturated carbocycles. The normalized spacial score (nSPS) is 21.3. The van der Waals surface area contributed by atoms with Crippen molar-refractivity contribution in [2.45, 2.75) is 44.8 Å². The topological polar surface area (TPSA) is 47.1 Å². The highest BCUT2D eigenvalue weighted by atomic mass is 15.3. The Bertz CT molecular complexity index is 545. The molecule has 0 bridgehead atoms. The molecule has 1 aliphatic rings. The van der Waals surface area contributed by atoms with Gasteiger partial charge in [0.25, 0.3) is 0 Å². The summed E-state index contributed by atoms with van der Waals surface area (Å²) in [5.74, 6) is 0. The van der Waals surface area contributed by atoms with Crippen LogP contribution >= 0.6 is 0 Å². The molecule has 1 aliphatic heterocycles. The largest absolute Gasteiger partial charge is 0.327 e. The van der Waals surface area contributed by atoms with E-state index in [0.717, 1.165) is 18.8 Å². The van der Waals surface area contributed by atoms with Gasteiger partial charge in [-0.05, 0) is 50.1 Å². The molecule has 1 fully saturated rings. The minimum atomic E-state index is 0.244. The van der Waals surface area contributed by atoms with E-state index in [2.05, 4.69) is 41.2 Å². The summed E-state index contributed by atoms with van der Waals surface area (Å²) < 4.78 is 1.88. The van der Waals surface area contributed by atoms with Gasteiger partial charge in [0, 0.05) is 31.0 Å². The molecule has 1 aromatic carbocycles. The van der Waals surface area contributed by atoms with Crippen LogP contribution < -0.4 is 5.73 Å². The van der Waals surface area contributed by atoms with E-state index < -0.39 is 0 Å². The smallest absolute Gasteiger partial charge is 0.0645 e. The Morgan fingerprint density at radius 1 is 1.29 bits per heavy atom. The van der Waals surface area contributed by atoms with Crippen molar-refractivity contribution in [3.05, 3.63) is 48.3 Å². The number of benzene rings is 1. The highest BCUT2D eigenvalue weighted by molar-refractivity contribution is 5.33. The van der Waals surface area contributed by atoms with Crippen molar-refractivity contribution < 1.29 is 0 Å². The van der Waals surface area contributed by atoms with Crippen molar-refractivity contribution in [2.24, 2.45) is 5.73 Å². The molecule has 21 heavy (non-hydrogen) atoms. The molecule has 2 atom stereocenters. The fraction of sp³-hybridized carbons (Fsp3) is 0.471. The number of hydrogen-bond acceptors (Lipinski definition) is 3. The highest BCUT2D eigenvalue weighted by Crippen LogP contribution is 2.21. The number of aromatic nitrogens is 2. The monoisotopic (exact) mass is 284 g/mol. The Morgan fingerprint density at radius 2 is 2.10 bits per heavy atom. The first-order valence-corrected chi connectivity index (χ1v) is 7.82. The van der Waals surface area contributed by atoms with Crippen LogP contribution in [-0.2, 0) is 6.54 Å². The number of hydrogen-bond donors (Lipinski definition) is 1. The van der Waals surface area contributed by atoms with E-state index in [0.29, 0.717) is 6.04 Å².